The molecule has 0 aromatic carbocycles. The Labute approximate surface area is 108 Å². The van der Waals surface area contributed by atoms with E-state index in [1.165, 1.54) is 57.9 Å². The highest BCUT2D eigenvalue weighted by Crippen LogP contribution is 2.09. The third-order valence-electron chi connectivity index (χ3n) is 2.68. The van der Waals surface area contributed by atoms with Gasteiger partial charge in [0.05, 0.1) is 27.7 Å². The molecule has 0 saturated heterocycles. The molecular formula is C13H31BrN+. The Morgan fingerprint density at radius 2 is 1.07 bits per heavy atom. The molecule has 0 rings (SSSR count). The van der Waals surface area contributed by atoms with Crippen LogP contribution in [0.5, 0.6) is 0 Å². The highest BCUT2D eigenvalue weighted by molar-refractivity contribution is 8.93. The third-order valence-corrected chi connectivity index (χ3v) is 2.68. The standard InChI is InChI=1S/C13H30N.BrH/c1-5-6-7-8-9-10-11-12-13-14(2,3)4;/h5-13H2,1-4H3;1H/q+1;. The molecule has 0 amide bonds. The van der Waals surface area contributed by atoms with Gasteiger partial charge in [0.15, 0.2) is 0 Å². The Morgan fingerprint density at radius 3 is 1.47 bits per heavy atom. The van der Waals surface area contributed by atoms with Gasteiger partial charge in [-0.2, -0.15) is 0 Å². The number of hydrogen-bond donors (Lipinski definition) is 0. The Morgan fingerprint density at radius 1 is 0.667 bits per heavy atom. The molecule has 0 bridgehead atoms. The first kappa shape index (κ1) is 17.8. The van der Waals surface area contributed by atoms with Crippen LogP contribution in [0.3, 0.4) is 0 Å². The van der Waals surface area contributed by atoms with Gasteiger partial charge in [0.1, 0.15) is 0 Å². The van der Waals surface area contributed by atoms with E-state index < -0.39 is 0 Å². The van der Waals surface area contributed by atoms with Crippen molar-refractivity contribution in [2.75, 3.05) is 27.7 Å². The van der Waals surface area contributed by atoms with Crippen molar-refractivity contribution in [3.63, 3.8) is 0 Å². The number of rotatable bonds is 9. The van der Waals surface area contributed by atoms with E-state index >= 15 is 0 Å². The van der Waals surface area contributed by atoms with Crippen LogP contribution in [-0.2, 0) is 0 Å². The minimum Gasteiger partial charge on any atom is -0.331 e. The van der Waals surface area contributed by atoms with Gasteiger partial charge in [0.25, 0.3) is 0 Å². The molecule has 0 aliphatic rings. The summed E-state index contributed by atoms with van der Waals surface area (Å²) in [4.78, 5) is 0. The number of hydrogen-bond acceptors (Lipinski definition) is 0. The van der Waals surface area contributed by atoms with Crippen molar-refractivity contribution in [1.29, 1.82) is 0 Å². The number of unbranched alkanes of at least 4 members (excludes halogenated alkanes) is 7. The van der Waals surface area contributed by atoms with Crippen molar-refractivity contribution >= 4 is 17.0 Å². The molecular weight excluding hydrogens is 250 g/mol. The molecule has 0 aromatic heterocycles. The first-order valence-corrected chi connectivity index (χ1v) is 6.36. The molecule has 0 aliphatic heterocycles. The minimum atomic E-state index is 0. The molecule has 0 saturated carbocycles. The Hall–Kier alpha value is 0.440. The summed E-state index contributed by atoms with van der Waals surface area (Å²) < 4.78 is 1.12. The monoisotopic (exact) mass is 280 g/mol. The summed E-state index contributed by atoms with van der Waals surface area (Å²) in [5.41, 5.74) is 0. The maximum Gasteiger partial charge on any atom is 0.0780 e. The van der Waals surface area contributed by atoms with Crippen LogP contribution in [0.4, 0.5) is 0 Å². The fraction of sp³-hybridized carbons (Fsp3) is 1.00. The highest BCUT2D eigenvalue weighted by Gasteiger charge is 2.04. The van der Waals surface area contributed by atoms with E-state index in [-0.39, 0.29) is 17.0 Å². The van der Waals surface area contributed by atoms with Crippen LogP contribution in [0.15, 0.2) is 0 Å². The lowest BCUT2D eigenvalue weighted by molar-refractivity contribution is -0.870. The summed E-state index contributed by atoms with van der Waals surface area (Å²) in [6, 6.07) is 0. The second kappa shape index (κ2) is 10.9. The summed E-state index contributed by atoms with van der Waals surface area (Å²) in [5.74, 6) is 0. The molecule has 0 fully saturated rings. The molecule has 15 heavy (non-hydrogen) atoms. The van der Waals surface area contributed by atoms with E-state index in [2.05, 4.69) is 28.1 Å². The maximum absolute atomic E-state index is 2.28. The van der Waals surface area contributed by atoms with Crippen molar-refractivity contribution < 1.29 is 4.48 Å². The fourth-order valence-electron chi connectivity index (χ4n) is 1.72. The van der Waals surface area contributed by atoms with Gasteiger partial charge in [-0.1, -0.05) is 45.4 Å². The summed E-state index contributed by atoms with van der Waals surface area (Å²) in [5, 5.41) is 0. The van der Waals surface area contributed by atoms with Crippen LogP contribution in [-0.4, -0.2) is 32.2 Å². The molecule has 0 N–H and O–H groups in total. The Kier molecular flexibility index (Phi) is 13.0. The van der Waals surface area contributed by atoms with Gasteiger partial charge >= 0.3 is 0 Å². The lowest BCUT2D eigenvalue weighted by Gasteiger charge is -2.23. The Bertz CT molecular complexity index is 118. The van der Waals surface area contributed by atoms with Gasteiger partial charge in [-0.25, -0.2) is 0 Å². The molecule has 0 aliphatic carbocycles. The van der Waals surface area contributed by atoms with E-state index in [4.69, 9.17) is 0 Å². The van der Waals surface area contributed by atoms with E-state index in [9.17, 15) is 0 Å². The zero-order valence-corrected chi connectivity index (χ0v) is 12.9. The van der Waals surface area contributed by atoms with Crippen LogP contribution in [0.2, 0.25) is 0 Å². The van der Waals surface area contributed by atoms with Crippen LogP contribution in [0.25, 0.3) is 0 Å². The van der Waals surface area contributed by atoms with Crippen molar-refractivity contribution in [3.05, 3.63) is 0 Å². The van der Waals surface area contributed by atoms with Crippen LogP contribution >= 0.6 is 17.0 Å². The average molecular weight is 281 g/mol. The summed E-state index contributed by atoms with van der Waals surface area (Å²) in [7, 11) is 6.84. The van der Waals surface area contributed by atoms with Gasteiger partial charge in [-0.3, -0.25) is 0 Å². The van der Waals surface area contributed by atoms with Gasteiger partial charge in [0.2, 0.25) is 0 Å². The molecule has 94 valence electrons. The van der Waals surface area contributed by atoms with E-state index in [1.54, 1.807) is 0 Å². The summed E-state index contributed by atoms with van der Waals surface area (Å²) in [6.45, 7) is 3.61. The lowest BCUT2D eigenvalue weighted by Crippen LogP contribution is -2.35. The van der Waals surface area contributed by atoms with Gasteiger partial charge in [0, 0.05) is 0 Å². The molecule has 0 radical (unpaired) electrons. The molecule has 1 nitrogen and oxygen atoms in total. The highest BCUT2D eigenvalue weighted by atomic mass is 79.9. The SMILES string of the molecule is Br.CCCCCCCCCC[N+](C)(C)C. The number of halogens is 1. The molecule has 0 aromatic rings. The lowest BCUT2D eigenvalue weighted by atomic mass is 10.1. The molecule has 0 heterocycles. The largest absolute Gasteiger partial charge is 0.331 e. The van der Waals surface area contributed by atoms with Crippen molar-refractivity contribution in [3.8, 4) is 0 Å². The van der Waals surface area contributed by atoms with E-state index in [0.29, 0.717) is 0 Å². The topological polar surface area (TPSA) is 0 Å². The van der Waals surface area contributed by atoms with Gasteiger partial charge < -0.3 is 4.48 Å². The molecule has 0 atom stereocenters. The maximum atomic E-state index is 2.28. The van der Waals surface area contributed by atoms with Gasteiger partial charge in [-0.05, 0) is 12.8 Å². The van der Waals surface area contributed by atoms with Gasteiger partial charge in [-0.15, -0.1) is 17.0 Å². The minimum absolute atomic E-state index is 0. The van der Waals surface area contributed by atoms with E-state index in [0.717, 1.165) is 4.48 Å². The number of nitrogens with zero attached hydrogens (tertiary/aromatic N) is 1. The van der Waals surface area contributed by atoms with Crippen LogP contribution < -0.4 is 0 Å². The zero-order valence-electron chi connectivity index (χ0n) is 11.2. The van der Waals surface area contributed by atoms with Crippen LogP contribution in [0, 0.1) is 0 Å². The normalized spacial score (nSPS) is 11.2. The summed E-state index contributed by atoms with van der Waals surface area (Å²) >= 11 is 0. The fourth-order valence-corrected chi connectivity index (χ4v) is 1.72. The zero-order chi connectivity index (χ0) is 10.9. The third kappa shape index (κ3) is 17.1. The quantitative estimate of drug-likeness (QED) is 0.434. The molecule has 0 unspecified atom stereocenters. The first-order chi connectivity index (χ1) is 6.56. The van der Waals surface area contributed by atoms with Crippen molar-refractivity contribution in [2.45, 2.75) is 58.3 Å². The second-order valence-corrected chi connectivity index (χ2v) is 5.49. The van der Waals surface area contributed by atoms with Crippen molar-refractivity contribution in [2.24, 2.45) is 0 Å². The van der Waals surface area contributed by atoms with E-state index in [1.807, 2.05) is 0 Å². The summed E-state index contributed by atoms with van der Waals surface area (Å²) in [6.07, 6.45) is 11.4. The predicted octanol–water partition coefficient (Wildman–Crippen LogP) is 4.41. The predicted molar refractivity (Wildman–Crippen MR) is 75.8 cm³/mol. The average Bonchev–Trinajstić information content (AvgIpc) is 2.08. The van der Waals surface area contributed by atoms with Crippen LogP contribution in [0.1, 0.15) is 58.3 Å². The molecule has 0 spiro atoms. The number of quaternary nitrogens is 1. The smallest absolute Gasteiger partial charge is 0.0780 e. The second-order valence-electron chi connectivity index (χ2n) is 5.49. The first-order valence-electron chi connectivity index (χ1n) is 6.36. The Balaban J connectivity index is 0. The van der Waals surface area contributed by atoms with Crippen molar-refractivity contribution in [1.82, 2.24) is 0 Å². The molecule has 2 heteroatoms.